The molecule has 0 aliphatic carbocycles. The molecule has 0 N–H and O–H groups in total. The first-order chi connectivity index (χ1) is 7.06. The average molecular weight is 261 g/mol. The molecule has 0 heterocycles. The van der Waals surface area contributed by atoms with E-state index in [0.717, 1.165) is 5.56 Å². The molecule has 0 aromatic heterocycles. The van der Waals surface area contributed by atoms with Crippen LogP contribution in [0.1, 0.15) is 5.56 Å². The van der Waals surface area contributed by atoms with Crippen molar-refractivity contribution >= 4 is 12.3 Å². The van der Waals surface area contributed by atoms with Crippen LogP contribution in [0, 0.1) is 12.3 Å². The maximum atomic E-state index is 9.06. The maximum absolute atomic E-state index is 9.06. The van der Waals surface area contributed by atoms with Crippen molar-refractivity contribution < 1.29 is 41.6 Å². The third-order valence-electron chi connectivity index (χ3n) is 1.08. The summed E-state index contributed by atoms with van der Waals surface area (Å²) in [4.78, 5) is 18.1. The molecule has 0 atom stereocenters. The van der Waals surface area contributed by atoms with Gasteiger partial charge < -0.3 is 31.0 Å². The predicted molar refractivity (Wildman–Crippen MR) is 44.6 cm³/mol. The van der Waals surface area contributed by atoms with E-state index in [1.54, 1.807) is 0 Å². The van der Waals surface area contributed by atoms with E-state index in [4.69, 9.17) is 26.2 Å². The predicted octanol–water partition coefficient (Wildman–Crippen LogP) is -0.688. The van der Waals surface area contributed by atoms with E-state index in [1.807, 2.05) is 30.3 Å². The molecule has 1 radical (unpaired) electrons. The van der Waals surface area contributed by atoms with Crippen LogP contribution < -0.4 is 10.2 Å². The van der Waals surface area contributed by atoms with Crippen molar-refractivity contribution in [3.8, 4) is 5.92 Å². The Labute approximate surface area is 103 Å². The minimum absolute atomic E-state index is 0. The van der Waals surface area contributed by atoms with E-state index < -0.39 is 12.3 Å². The molecule has 0 amide bonds. The standard InChI is InChI=1S/C8H5.C2H2O5.Fe/c1-2-8-6-4-3-5-7-8;3-1(4)7-2(5)6;/h3-7H;(H,3,4)(H,5,6);/q-1;;+3/p-2. The molecule has 5 nitrogen and oxygen atoms in total. The van der Waals surface area contributed by atoms with Gasteiger partial charge in [0.1, 0.15) is 0 Å². The van der Waals surface area contributed by atoms with Gasteiger partial charge in [-0.3, -0.25) is 5.92 Å². The molecule has 83 valence electrons. The molecule has 0 unspecified atom stereocenters. The fourth-order valence-electron chi connectivity index (χ4n) is 0.590. The van der Waals surface area contributed by atoms with Gasteiger partial charge in [0.15, 0.2) is 0 Å². The van der Waals surface area contributed by atoms with E-state index in [2.05, 4.69) is 10.7 Å². The first kappa shape index (κ1) is 16.5. The van der Waals surface area contributed by atoms with Crippen molar-refractivity contribution in [2.45, 2.75) is 0 Å². The number of benzene rings is 1. The summed E-state index contributed by atoms with van der Waals surface area (Å²) < 4.78 is 2.86. The zero-order chi connectivity index (χ0) is 11.7. The van der Waals surface area contributed by atoms with Gasteiger partial charge >= 0.3 is 17.1 Å². The minimum Gasteiger partial charge on any atom is -0.483 e. The summed E-state index contributed by atoms with van der Waals surface area (Å²) >= 11 is 0. The zero-order valence-electron chi connectivity index (χ0n) is 7.78. The molecule has 1 aromatic carbocycles. The second kappa shape index (κ2) is 9.59. The van der Waals surface area contributed by atoms with Crippen LogP contribution in [0.15, 0.2) is 30.3 Å². The van der Waals surface area contributed by atoms with Gasteiger partial charge in [-0.1, -0.05) is 18.2 Å². The molecule has 6 heteroatoms. The summed E-state index contributed by atoms with van der Waals surface area (Å²) in [7, 11) is 0. The molecule has 16 heavy (non-hydrogen) atoms. The van der Waals surface area contributed by atoms with Crippen LogP contribution in [-0.2, 0) is 21.8 Å². The Hall–Kier alpha value is -1.96. The van der Waals surface area contributed by atoms with E-state index in [9.17, 15) is 0 Å². The second-order valence-corrected chi connectivity index (χ2v) is 2.09. The number of carbonyl (C=O) groups is 2. The summed E-state index contributed by atoms with van der Waals surface area (Å²) in [5, 5.41) is 18.1. The van der Waals surface area contributed by atoms with E-state index in [1.165, 1.54) is 0 Å². The molecule has 0 saturated heterocycles. The average Bonchev–Trinajstić information content (AvgIpc) is 2.18. The first-order valence-corrected chi connectivity index (χ1v) is 3.64. The number of ether oxygens (including phenoxy) is 1. The third-order valence-corrected chi connectivity index (χ3v) is 1.08. The van der Waals surface area contributed by atoms with Crippen molar-refractivity contribution in [1.82, 2.24) is 0 Å². The van der Waals surface area contributed by atoms with Crippen molar-refractivity contribution in [1.29, 1.82) is 0 Å². The summed E-state index contributed by atoms with van der Waals surface area (Å²) in [6.07, 6.45) is 2.44. The van der Waals surface area contributed by atoms with Crippen LogP contribution in [0.2, 0.25) is 0 Å². The zero-order valence-corrected chi connectivity index (χ0v) is 8.89. The summed E-state index contributed by atoms with van der Waals surface area (Å²) in [6.45, 7) is 0. The SMILES string of the molecule is O=C([O-])OC(=O)[O-].[C-]#Cc1ccccc1.[Fe+3]. The Bertz CT molecular complexity index is 357. The molecule has 0 bridgehead atoms. The molecular weight excluding hydrogens is 256 g/mol. The fraction of sp³-hybridized carbons (Fsp3) is 0. The summed E-state index contributed by atoms with van der Waals surface area (Å²) in [5.41, 5.74) is 0.826. The van der Waals surface area contributed by atoms with Gasteiger partial charge in [0.2, 0.25) is 0 Å². The molecule has 0 fully saturated rings. The topological polar surface area (TPSA) is 89.5 Å². The maximum Gasteiger partial charge on any atom is 3.00 e. The van der Waals surface area contributed by atoms with Crippen molar-refractivity contribution in [3.05, 3.63) is 42.3 Å². The largest absolute Gasteiger partial charge is 3.00 e. The summed E-state index contributed by atoms with van der Waals surface area (Å²) in [6, 6.07) is 9.37. The Morgan fingerprint density at radius 1 is 1.12 bits per heavy atom. The van der Waals surface area contributed by atoms with Gasteiger partial charge in [0.25, 0.3) is 12.3 Å². The van der Waals surface area contributed by atoms with Crippen LogP contribution in [-0.4, -0.2) is 12.3 Å². The Balaban J connectivity index is 0. The van der Waals surface area contributed by atoms with Gasteiger partial charge in [-0.05, 0) is 0 Å². The van der Waals surface area contributed by atoms with Crippen molar-refractivity contribution in [2.75, 3.05) is 0 Å². The van der Waals surface area contributed by atoms with Gasteiger partial charge in [-0.2, -0.15) is 0 Å². The molecular formula is C10H5FeO5. The Morgan fingerprint density at radius 3 is 1.75 bits per heavy atom. The number of hydrogen-bond donors (Lipinski definition) is 0. The van der Waals surface area contributed by atoms with Gasteiger partial charge in [-0.15, -0.1) is 17.7 Å². The molecule has 1 rings (SSSR count). The fourth-order valence-corrected chi connectivity index (χ4v) is 0.590. The van der Waals surface area contributed by atoms with Gasteiger partial charge in [-0.25, -0.2) is 0 Å². The van der Waals surface area contributed by atoms with Crippen LogP contribution in [0.4, 0.5) is 9.59 Å². The quantitative estimate of drug-likeness (QED) is 0.203. The Kier molecular flexibility index (Phi) is 9.87. The van der Waals surface area contributed by atoms with E-state index in [0.29, 0.717) is 0 Å². The molecule has 1 aromatic rings. The van der Waals surface area contributed by atoms with E-state index >= 15 is 0 Å². The van der Waals surface area contributed by atoms with Crippen LogP contribution in [0.3, 0.4) is 0 Å². The molecule has 0 saturated carbocycles. The Morgan fingerprint density at radius 2 is 1.56 bits per heavy atom. The first-order valence-electron chi connectivity index (χ1n) is 3.64. The third kappa shape index (κ3) is 10.1. The second-order valence-electron chi connectivity index (χ2n) is 2.09. The van der Waals surface area contributed by atoms with Gasteiger partial charge in [0.05, 0.1) is 0 Å². The number of hydrogen-bond acceptors (Lipinski definition) is 5. The van der Waals surface area contributed by atoms with E-state index in [-0.39, 0.29) is 17.1 Å². The molecule has 0 spiro atoms. The number of carbonyl (C=O) groups excluding carboxylic acids is 2. The van der Waals surface area contributed by atoms with Crippen LogP contribution >= 0.6 is 0 Å². The minimum atomic E-state index is -2.12. The number of rotatable bonds is 0. The van der Waals surface area contributed by atoms with Crippen molar-refractivity contribution in [2.24, 2.45) is 0 Å². The van der Waals surface area contributed by atoms with Crippen molar-refractivity contribution in [3.63, 3.8) is 0 Å². The van der Waals surface area contributed by atoms with Gasteiger partial charge in [0, 0.05) is 0 Å². The van der Waals surface area contributed by atoms with Crippen LogP contribution in [0.5, 0.6) is 0 Å². The van der Waals surface area contributed by atoms with Crippen LogP contribution in [0.25, 0.3) is 0 Å². The normalized spacial score (nSPS) is 7.19. The number of carboxylic acid groups (broad SMARTS) is 2. The molecule has 0 aliphatic rings. The molecule has 0 aliphatic heterocycles. The summed E-state index contributed by atoms with van der Waals surface area (Å²) in [5.74, 6) is 2.28. The smallest absolute Gasteiger partial charge is 0.483 e. The monoisotopic (exact) mass is 261 g/mol.